The summed E-state index contributed by atoms with van der Waals surface area (Å²) in [5.41, 5.74) is 5.81. The lowest BCUT2D eigenvalue weighted by Gasteiger charge is -2.50. The van der Waals surface area contributed by atoms with Gasteiger partial charge in [0.25, 0.3) is 0 Å². The highest BCUT2D eigenvalue weighted by Gasteiger charge is 2.69. The zero-order valence-electron chi connectivity index (χ0n) is 13.6. The van der Waals surface area contributed by atoms with E-state index in [2.05, 4.69) is 10.3 Å². The van der Waals surface area contributed by atoms with E-state index < -0.39 is 70.8 Å². The SMILES string of the molecule is NC1NCN(P(=O)(O)O)C2N([C@@H]3O[C@H](CO)[C@@H](O)[C@H]3O)C=NC12P(=O)(O)O. The molecule has 0 aromatic heterocycles. The van der Waals surface area contributed by atoms with Gasteiger partial charge in [0.05, 0.1) is 25.8 Å². The molecule has 0 bridgehead atoms. The molecule has 10 N–H and O–H groups in total. The van der Waals surface area contributed by atoms with E-state index in [9.17, 15) is 44.0 Å². The molecule has 2 fully saturated rings. The molecule has 0 aliphatic carbocycles. The van der Waals surface area contributed by atoms with Crippen LogP contribution in [0.1, 0.15) is 0 Å². The largest absolute Gasteiger partial charge is 0.405 e. The molecule has 0 spiro atoms. The van der Waals surface area contributed by atoms with Gasteiger partial charge in [-0.05, 0) is 0 Å². The third-order valence-electron chi connectivity index (χ3n) is 4.89. The van der Waals surface area contributed by atoms with Crippen molar-refractivity contribution in [2.45, 2.75) is 42.2 Å². The van der Waals surface area contributed by atoms with Gasteiger partial charge >= 0.3 is 15.3 Å². The first kappa shape index (κ1) is 21.2. The number of aliphatic hydroxyl groups excluding tert-OH is 3. The van der Waals surface area contributed by atoms with Crippen molar-refractivity contribution in [3.05, 3.63) is 0 Å². The molecule has 3 heterocycles. The summed E-state index contributed by atoms with van der Waals surface area (Å²) in [7, 11) is -10.3. The first-order chi connectivity index (χ1) is 12.4. The fraction of sp³-hybridized carbons (Fsp3) is 0.900. The van der Waals surface area contributed by atoms with Gasteiger partial charge in [0.1, 0.15) is 24.5 Å². The molecule has 3 unspecified atom stereocenters. The van der Waals surface area contributed by atoms with Gasteiger partial charge < -0.3 is 50.3 Å². The Labute approximate surface area is 152 Å². The molecule has 156 valence electrons. The van der Waals surface area contributed by atoms with Crippen LogP contribution < -0.4 is 11.1 Å². The zero-order chi connectivity index (χ0) is 20.4. The van der Waals surface area contributed by atoms with Crippen molar-refractivity contribution in [1.29, 1.82) is 0 Å². The monoisotopic (exact) mass is 433 g/mol. The first-order valence-electron chi connectivity index (χ1n) is 7.68. The predicted octanol–water partition coefficient (Wildman–Crippen LogP) is -4.79. The molecule has 0 aromatic carbocycles. The Morgan fingerprint density at radius 3 is 2.37 bits per heavy atom. The lowest BCUT2D eigenvalue weighted by molar-refractivity contribution is -0.106. The highest BCUT2D eigenvalue weighted by Crippen LogP contribution is 2.62. The van der Waals surface area contributed by atoms with Crippen LogP contribution in [-0.2, 0) is 13.9 Å². The van der Waals surface area contributed by atoms with Crippen LogP contribution in [0.4, 0.5) is 0 Å². The summed E-state index contributed by atoms with van der Waals surface area (Å²) < 4.78 is 29.9. The van der Waals surface area contributed by atoms with Gasteiger partial charge in [0.15, 0.2) is 6.23 Å². The maximum absolute atomic E-state index is 12.3. The number of ether oxygens (including phenoxy) is 1. The average Bonchev–Trinajstić information content (AvgIpc) is 3.07. The summed E-state index contributed by atoms with van der Waals surface area (Å²) in [5.74, 6) is 0. The first-order valence-corrected chi connectivity index (χ1v) is 10.9. The topological polar surface area (TPSA) is 242 Å². The molecular formula is C10H21N5O10P2. The number of hydrogen-bond donors (Lipinski definition) is 9. The molecule has 3 aliphatic rings. The van der Waals surface area contributed by atoms with E-state index in [4.69, 9.17) is 10.5 Å². The van der Waals surface area contributed by atoms with E-state index in [0.29, 0.717) is 4.67 Å². The predicted molar refractivity (Wildman–Crippen MR) is 86.5 cm³/mol. The van der Waals surface area contributed by atoms with Gasteiger partial charge in [0.2, 0.25) is 5.28 Å². The van der Waals surface area contributed by atoms with Gasteiger partial charge in [-0.2, -0.15) is 4.67 Å². The van der Waals surface area contributed by atoms with Crippen molar-refractivity contribution in [3.8, 4) is 0 Å². The van der Waals surface area contributed by atoms with Gasteiger partial charge in [0, 0.05) is 0 Å². The maximum atomic E-state index is 12.3. The molecule has 0 aromatic rings. The Bertz CT molecular complexity index is 714. The number of fused-ring (bicyclic) bond motifs is 1. The molecule has 3 aliphatic heterocycles. The summed E-state index contributed by atoms with van der Waals surface area (Å²) in [5, 5.41) is 29.2. The summed E-state index contributed by atoms with van der Waals surface area (Å²) in [6.07, 6.45) is -8.38. The van der Waals surface area contributed by atoms with E-state index >= 15 is 0 Å². The average molecular weight is 433 g/mol. The highest BCUT2D eigenvalue weighted by atomic mass is 31.2. The minimum atomic E-state index is -5.22. The summed E-state index contributed by atoms with van der Waals surface area (Å²) in [4.78, 5) is 43.8. The van der Waals surface area contributed by atoms with Crippen molar-refractivity contribution < 1.29 is 48.8 Å². The number of aliphatic hydroxyl groups is 3. The van der Waals surface area contributed by atoms with E-state index in [1.54, 1.807) is 0 Å². The quantitative estimate of drug-likeness (QED) is 0.189. The fourth-order valence-corrected chi connectivity index (χ4v) is 5.69. The van der Waals surface area contributed by atoms with Crippen LogP contribution in [0.5, 0.6) is 0 Å². The summed E-state index contributed by atoms with van der Waals surface area (Å²) in [6.45, 7) is -1.22. The minimum Gasteiger partial charge on any atom is -0.394 e. The van der Waals surface area contributed by atoms with Gasteiger partial charge in [-0.15, -0.1) is 0 Å². The second-order valence-electron chi connectivity index (χ2n) is 6.41. The third kappa shape index (κ3) is 3.09. The molecule has 0 radical (unpaired) electrons. The van der Waals surface area contributed by atoms with Crippen LogP contribution >= 0.6 is 15.3 Å². The Hall–Kier alpha value is -0.510. The van der Waals surface area contributed by atoms with Gasteiger partial charge in [-0.3, -0.25) is 9.88 Å². The van der Waals surface area contributed by atoms with Crippen LogP contribution in [0.15, 0.2) is 4.99 Å². The number of nitrogens with one attached hydrogen (secondary N) is 1. The Morgan fingerprint density at radius 1 is 1.26 bits per heavy atom. The van der Waals surface area contributed by atoms with E-state index in [-0.39, 0.29) is 0 Å². The standard InChI is InChI=1S/C10H21N5O10P2/c11-8-10(26(19,20)21)9(15(2-12-8)27(22,23)24)14(3-13-10)7-6(18)5(17)4(1-16)25-7/h3-9,12,16-18H,1-2,11H2,(H2,19,20,21)(H2,22,23,24)/t4-,5-,6-,7-,8?,9?,10?/m1/s1. The number of rotatable bonds is 4. The second-order valence-corrected chi connectivity index (χ2v) is 9.76. The number of nitrogens with zero attached hydrogens (tertiary/aromatic N) is 3. The summed E-state index contributed by atoms with van der Waals surface area (Å²) in [6, 6.07) is 0. The molecule has 27 heavy (non-hydrogen) atoms. The molecule has 2 saturated heterocycles. The maximum Gasteiger partial charge on any atom is 0.405 e. The Balaban J connectivity index is 2.08. The number of aliphatic imine (C=N–C) groups is 1. The van der Waals surface area contributed by atoms with Crippen LogP contribution in [-0.4, -0.2) is 106 Å². The molecule has 0 saturated carbocycles. The van der Waals surface area contributed by atoms with E-state index in [1.807, 2.05) is 0 Å². The number of hydrogen-bond acceptors (Lipinski definition) is 10. The summed E-state index contributed by atoms with van der Waals surface area (Å²) >= 11 is 0. The normalized spacial score (nSPS) is 43.3. The van der Waals surface area contributed by atoms with Crippen LogP contribution in [0.3, 0.4) is 0 Å². The number of nitrogens with two attached hydrogens (primary N) is 1. The van der Waals surface area contributed by atoms with Crippen molar-refractivity contribution in [1.82, 2.24) is 14.9 Å². The van der Waals surface area contributed by atoms with Crippen LogP contribution in [0.2, 0.25) is 0 Å². The Morgan fingerprint density at radius 2 is 1.89 bits per heavy atom. The third-order valence-corrected chi connectivity index (χ3v) is 7.47. The van der Waals surface area contributed by atoms with Crippen LogP contribution in [0.25, 0.3) is 0 Å². The lowest BCUT2D eigenvalue weighted by atomic mass is 10.1. The molecular weight excluding hydrogens is 412 g/mol. The highest BCUT2D eigenvalue weighted by molar-refractivity contribution is 7.54. The second kappa shape index (κ2) is 6.78. The van der Waals surface area contributed by atoms with Crippen molar-refractivity contribution in [2.75, 3.05) is 13.3 Å². The van der Waals surface area contributed by atoms with Gasteiger partial charge in [-0.1, -0.05) is 0 Å². The molecule has 15 nitrogen and oxygen atoms in total. The molecule has 3 rings (SSSR count). The fourth-order valence-electron chi connectivity index (χ4n) is 3.52. The lowest BCUT2D eigenvalue weighted by Crippen LogP contribution is -2.73. The molecule has 17 heteroatoms. The van der Waals surface area contributed by atoms with E-state index in [0.717, 1.165) is 11.2 Å². The van der Waals surface area contributed by atoms with Crippen molar-refractivity contribution >= 4 is 21.7 Å². The smallest absolute Gasteiger partial charge is 0.394 e. The van der Waals surface area contributed by atoms with Crippen molar-refractivity contribution in [2.24, 2.45) is 10.7 Å². The minimum absolute atomic E-state index is 0.428. The zero-order valence-corrected chi connectivity index (χ0v) is 15.4. The van der Waals surface area contributed by atoms with E-state index in [1.165, 1.54) is 0 Å². The van der Waals surface area contributed by atoms with Crippen LogP contribution in [0, 0.1) is 0 Å². The Kier molecular flexibility index (Phi) is 5.32. The molecule has 0 amide bonds. The molecule has 7 atom stereocenters. The van der Waals surface area contributed by atoms with Gasteiger partial charge in [-0.25, -0.2) is 9.56 Å². The van der Waals surface area contributed by atoms with Crippen molar-refractivity contribution in [3.63, 3.8) is 0 Å².